The Morgan fingerprint density at radius 3 is 1.87 bits per heavy atom. The van der Waals surface area contributed by atoms with E-state index in [-0.39, 0.29) is 23.9 Å². The molecule has 8 rings (SSSR count). The lowest BCUT2D eigenvalue weighted by Crippen LogP contribution is -2.47. The predicted molar refractivity (Wildman–Crippen MR) is 231 cm³/mol. The number of nitrogens with zero attached hydrogens (tertiary/aromatic N) is 4. The molecular weight excluding hydrogens is 796 g/mol. The number of amides is 2. The fraction of sp³-hybridized carbons (Fsp3) is 0.333. The van der Waals surface area contributed by atoms with Crippen LogP contribution in [0.1, 0.15) is 90.1 Å². The topological polar surface area (TPSA) is 159 Å². The molecule has 61 heavy (non-hydrogen) atoms. The van der Waals surface area contributed by atoms with Crippen molar-refractivity contribution in [1.29, 1.82) is 0 Å². The van der Waals surface area contributed by atoms with Crippen molar-refractivity contribution in [2.45, 2.75) is 82.0 Å². The number of ether oxygens (including phenoxy) is 2. The SMILES string of the molecule is COc1ccccc1-c1ccc(C(=O)N2[C@@H](C3CCCCC3)CC[C@H]2C(=O)O)cc1.COc1nccc(-c2ccc(C(=O)N3[C@@H](c4ccccc4Cl)CC[C@H]3C(=O)O)cc2)n1. The molecule has 2 saturated heterocycles. The average Bonchev–Trinajstić information content (AvgIpc) is 3.96. The average molecular weight is 845 g/mol. The fourth-order valence-electron chi connectivity index (χ4n) is 9.10. The first-order valence-corrected chi connectivity index (χ1v) is 21.0. The molecule has 3 fully saturated rings. The van der Waals surface area contributed by atoms with Gasteiger partial charge in [-0.15, -0.1) is 0 Å². The van der Waals surface area contributed by atoms with Crippen molar-refractivity contribution in [3.63, 3.8) is 0 Å². The second-order valence-electron chi connectivity index (χ2n) is 15.6. The first-order chi connectivity index (χ1) is 29.6. The molecule has 1 aliphatic carbocycles. The number of carbonyl (C=O) groups is 4. The Bertz CT molecular complexity index is 2350. The van der Waals surface area contributed by atoms with Gasteiger partial charge in [0.25, 0.3) is 11.8 Å². The summed E-state index contributed by atoms with van der Waals surface area (Å²) in [5.74, 6) is -1.23. The van der Waals surface area contributed by atoms with Crippen molar-refractivity contribution < 1.29 is 38.9 Å². The van der Waals surface area contributed by atoms with E-state index >= 15 is 0 Å². The highest BCUT2D eigenvalue weighted by Gasteiger charge is 2.45. The van der Waals surface area contributed by atoms with Gasteiger partial charge in [-0.2, -0.15) is 4.98 Å². The number of methoxy groups -OCH3 is 2. The minimum atomic E-state index is -1.02. The van der Waals surface area contributed by atoms with E-state index in [0.717, 1.165) is 47.3 Å². The zero-order valence-corrected chi connectivity index (χ0v) is 34.9. The van der Waals surface area contributed by atoms with Crippen LogP contribution in [0.25, 0.3) is 22.4 Å². The Morgan fingerprint density at radius 1 is 0.639 bits per heavy atom. The van der Waals surface area contributed by atoms with Gasteiger partial charge in [-0.3, -0.25) is 9.59 Å². The highest BCUT2D eigenvalue weighted by Crippen LogP contribution is 2.41. The number of rotatable bonds is 10. The number of carbonyl (C=O) groups excluding carboxylic acids is 2. The van der Waals surface area contributed by atoms with Gasteiger partial charge in [-0.05, 0) is 98.0 Å². The van der Waals surface area contributed by atoms with Crippen LogP contribution in [0.2, 0.25) is 5.02 Å². The van der Waals surface area contributed by atoms with Crippen molar-refractivity contribution in [3.8, 4) is 34.1 Å². The number of carboxylic acids is 2. The van der Waals surface area contributed by atoms with Crippen LogP contribution in [0.15, 0.2) is 109 Å². The van der Waals surface area contributed by atoms with E-state index < -0.39 is 30.1 Å². The van der Waals surface area contributed by atoms with E-state index in [9.17, 15) is 29.4 Å². The number of carboxylic acid groups (broad SMARTS) is 2. The maximum Gasteiger partial charge on any atom is 0.326 e. The largest absolute Gasteiger partial charge is 0.496 e. The first-order valence-electron chi connectivity index (χ1n) is 20.7. The number of likely N-dealkylation sites (tertiary alicyclic amines) is 2. The molecule has 4 aromatic carbocycles. The molecule has 2 aliphatic heterocycles. The van der Waals surface area contributed by atoms with Gasteiger partial charge < -0.3 is 29.5 Å². The molecule has 3 aliphatic rings. The van der Waals surface area contributed by atoms with Crippen molar-refractivity contribution >= 4 is 35.4 Å². The van der Waals surface area contributed by atoms with E-state index in [4.69, 9.17) is 21.1 Å². The first kappa shape index (κ1) is 42.8. The Kier molecular flexibility index (Phi) is 13.6. The van der Waals surface area contributed by atoms with Crippen molar-refractivity contribution in [3.05, 3.63) is 131 Å². The van der Waals surface area contributed by atoms with Gasteiger partial charge in [0.05, 0.1) is 26.0 Å². The zero-order chi connectivity index (χ0) is 43.0. The van der Waals surface area contributed by atoms with Crippen LogP contribution < -0.4 is 9.47 Å². The standard InChI is InChI=1S/C25H29NO4.C23H20ClN3O4/c1-30-23-10-6-5-9-20(23)17-11-13-19(14-12-17)24(27)26-21(15-16-22(26)25(28)29)18-7-3-2-4-8-18;1-31-23-25-13-12-18(26-23)14-6-8-15(9-7-14)21(28)27-19(10-11-20(27)22(29)30)16-4-2-3-5-17(16)24/h5-6,9-14,18,21-22H,2-4,7-8,15-16H2,1H3,(H,28,29);2-9,12-13,19-20H,10-11H2,1H3,(H,29,30)/t21-,22+;19-,20+/m11/s1. The molecule has 0 unspecified atom stereocenters. The van der Waals surface area contributed by atoms with Gasteiger partial charge in [0, 0.05) is 39.5 Å². The lowest BCUT2D eigenvalue weighted by Gasteiger charge is -2.35. The maximum absolute atomic E-state index is 13.4. The number of aromatic nitrogens is 2. The van der Waals surface area contributed by atoms with Crippen LogP contribution in [-0.2, 0) is 9.59 Å². The summed E-state index contributed by atoms with van der Waals surface area (Å²) in [5, 5.41) is 20.0. The van der Waals surface area contributed by atoms with E-state index in [1.165, 1.54) is 31.3 Å². The summed E-state index contributed by atoms with van der Waals surface area (Å²) in [5.41, 5.74) is 5.07. The molecule has 5 aromatic rings. The van der Waals surface area contributed by atoms with Gasteiger partial charge >= 0.3 is 17.9 Å². The molecular formula is C48H49ClN4O8. The summed E-state index contributed by atoms with van der Waals surface area (Å²) in [6.45, 7) is 0. The third kappa shape index (κ3) is 9.39. The molecule has 0 bridgehead atoms. The Balaban J connectivity index is 0.000000184. The second-order valence-corrected chi connectivity index (χ2v) is 16.0. The highest BCUT2D eigenvalue weighted by molar-refractivity contribution is 6.31. The predicted octanol–water partition coefficient (Wildman–Crippen LogP) is 9.24. The van der Waals surface area contributed by atoms with Gasteiger partial charge in [-0.25, -0.2) is 14.6 Å². The number of halogens is 1. The monoisotopic (exact) mass is 844 g/mol. The van der Waals surface area contributed by atoms with Crippen molar-refractivity contribution in [2.75, 3.05) is 14.2 Å². The van der Waals surface area contributed by atoms with Crippen LogP contribution in [0, 0.1) is 5.92 Å². The van der Waals surface area contributed by atoms with E-state index in [2.05, 4.69) is 9.97 Å². The third-order valence-corrected chi connectivity index (χ3v) is 12.4. The van der Waals surface area contributed by atoms with Crippen LogP contribution in [0.3, 0.4) is 0 Å². The molecule has 2 amide bonds. The van der Waals surface area contributed by atoms with Crippen molar-refractivity contribution in [2.24, 2.45) is 5.92 Å². The highest BCUT2D eigenvalue weighted by atomic mass is 35.5. The third-order valence-electron chi connectivity index (χ3n) is 12.1. The van der Waals surface area contributed by atoms with Gasteiger partial charge in [0.1, 0.15) is 17.8 Å². The summed E-state index contributed by atoms with van der Waals surface area (Å²) >= 11 is 6.35. The minimum Gasteiger partial charge on any atom is -0.496 e. The molecule has 3 heterocycles. The van der Waals surface area contributed by atoms with Crippen molar-refractivity contribution in [1.82, 2.24) is 19.8 Å². The molecule has 13 heteroatoms. The normalized spacial score (nSPS) is 20.0. The fourth-order valence-corrected chi connectivity index (χ4v) is 9.36. The van der Waals surface area contributed by atoms with Gasteiger partial charge in [0.15, 0.2) is 0 Å². The summed E-state index contributed by atoms with van der Waals surface area (Å²) in [4.78, 5) is 61.9. The molecule has 0 spiro atoms. The number of benzene rings is 4. The van der Waals surface area contributed by atoms with Gasteiger partial charge in [0.2, 0.25) is 0 Å². The molecule has 316 valence electrons. The Labute approximate surface area is 360 Å². The molecule has 12 nitrogen and oxygen atoms in total. The van der Waals surface area contributed by atoms with Gasteiger partial charge in [-0.1, -0.05) is 91.5 Å². The smallest absolute Gasteiger partial charge is 0.326 e. The summed E-state index contributed by atoms with van der Waals surface area (Å²) in [6, 6.07) is 29.3. The Hall–Kier alpha value is -6.27. The van der Waals surface area contributed by atoms with E-state index in [1.807, 2.05) is 54.6 Å². The number of hydrogen-bond donors (Lipinski definition) is 2. The molecule has 0 radical (unpaired) electrons. The molecule has 4 atom stereocenters. The molecule has 1 saturated carbocycles. The lowest BCUT2D eigenvalue weighted by atomic mass is 9.83. The van der Waals surface area contributed by atoms with Crippen LogP contribution in [-0.4, -0.2) is 86.1 Å². The zero-order valence-electron chi connectivity index (χ0n) is 34.2. The lowest BCUT2D eigenvalue weighted by molar-refractivity contribution is -0.142. The number of para-hydroxylation sites is 1. The minimum absolute atomic E-state index is 0.0350. The summed E-state index contributed by atoms with van der Waals surface area (Å²) < 4.78 is 10.5. The van der Waals surface area contributed by atoms with Crippen LogP contribution in [0.5, 0.6) is 11.8 Å². The number of hydrogen-bond acceptors (Lipinski definition) is 8. The maximum atomic E-state index is 13.4. The Morgan fingerprint density at radius 2 is 1.23 bits per heavy atom. The summed E-state index contributed by atoms with van der Waals surface area (Å²) in [6.07, 6.45) is 9.60. The quantitative estimate of drug-likeness (QED) is 0.139. The second kappa shape index (κ2) is 19.4. The van der Waals surface area contributed by atoms with E-state index in [1.54, 1.807) is 66.7 Å². The van der Waals surface area contributed by atoms with Crippen LogP contribution >= 0.6 is 11.6 Å². The van der Waals surface area contributed by atoms with Crippen LogP contribution in [0.4, 0.5) is 0 Å². The van der Waals surface area contributed by atoms with E-state index in [0.29, 0.717) is 47.0 Å². The molecule has 2 N–H and O–H groups in total. The summed E-state index contributed by atoms with van der Waals surface area (Å²) in [7, 11) is 3.13. The molecule has 1 aromatic heterocycles. The number of aliphatic carboxylic acids is 2.